The predicted octanol–water partition coefficient (Wildman–Crippen LogP) is 2.66. The van der Waals surface area contributed by atoms with E-state index in [1.165, 1.54) is 18.3 Å². The van der Waals surface area contributed by atoms with Gasteiger partial charge in [-0.15, -0.1) is 0 Å². The molecular formula is C19H18N4O4S. The molecule has 0 atom stereocenters. The highest BCUT2D eigenvalue weighted by Crippen LogP contribution is 2.32. The summed E-state index contributed by atoms with van der Waals surface area (Å²) in [4.78, 5) is 8.31. The van der Waals surface area contributed by atoms with E-state index in [1.54, 1.807) is 30.6 Å². The monoisotopic (exact) mass is 398 g/mol. The highest BCUT2D eigenvalue weighted by atomic mass is 32.2. The van der Waals surface area contributed by atoms with Crippen LogP contribution in [0.5, 0.6) is 11.5 Å². The van der Waals surface area contributed by atoms with Gasteiger partial charge in [-0.05, 0) is 42.0 Å². The summed E-state index contributed by atoms with van der Waals surface area (Å²) in [7, 11) is -3.77. The van der Waals surface area contributed by atoms with Crippen LogP contribution in [-0.4, -0.2) is 31.6 Å². The molecule has 1 aromatic carbocycles. The van der Waals surface area contributed by atoms with Crippen LogP contribution in [0, 0.1) is 0 Å². The zero-order valence-electron chi connectivity index (χ0n) is 14.8. The van der Waals surface area contributed by atoms with Gasteiger partial charge in [0.25, 0.3) is 10.0 Å². The molecule has 0 bridgehead atoms. The number of ether oxygens (including phenoxy) is 2. The van der Waals surface area contributed by atoms with Gasteiger partial charge in [-0.25, -0.2) is 13.4 Å². The Morgan fingerprint density at radius 1 is 0.964 bits per heavy atom. The molecule has 0 aliphatic carbocycles. The van der Waals surface area contributed by atoms with Crippen molar-refractivity contribution in [3.05, 3.63) is 66.6 Å². The first-order valence-corrected chi connectivity index (χ1v) is 10.1. The Morgan fingerprint density at radius 2 is 1.75 bits per heavy atom. The second-order valence-electron chi connectivity index (χ2n) is 6.05. The molecular weight excluding hydrogens is 380 g/mol. The molecule has 1 aliphatic rings. The summed E-state index contributed by atoms with van der Waals surface area (Å²) in [5, 5.41) is 3.17. The molecule has 28 heavy (non-hydrogen) atoms. The van der Waals surface area contributed by atoms with E-state index in [-0.39, 0.29) is 4.90 Å². The molecule has 0 saturated carbocycles. The van der Waals surface area contributed by atoms with Gasteiger partial charge >= 0.3 is 0 Å². The Balaban J connectivity index is 1.43. The van der Waals surface area contributed by atoms with Gasteiger partial charge in [0.15, 0.2) is 11.5 Å². The standard InChI is InChI=1S/C19H18N4O4S/c24-28(25,16-2-3-17-18(11-16)27-10-9-26-17)23-15-1-4-19(22-13-15)21-12-14-5-7-20-8-6-14/h1-8,11,13,23H,9-10,12H2,(H,21,22). The molecule has 2 N–H and O–H groups in total. The molecule has 0 saturated heterocycles. The summed E-state index contributed by atoms with van der Waals surface area (Å²) in [5.41, 5.74) is 1.43. The minimum Gasteiger partial charge on any atom is -0.486 e. The van der Waals surface area contributed by atoms with Crippen molar-refractivity contribution < 1.29 is 17.9 Å². The maximum absolute atomic E-state index is 12.6. The number of hydrogen-bond donors (Lipinski definition) is 2. The van der Waals surface area contributed by atoms with Gasteiger partial charge in [-0.3, -0.25) is 9.71 Å². The molecule has 8 nitrogen and oxygen atoms in total. The lowest BCUT2D eigenvalue weighted by Gasteiger charge is -2.19. The number of sulfonamides is 1. The van der Waals surface area contributed by atoms with Gasteiger partial charge in [0.2, 0.25) is 0 Å². The van der Waals surface area contributed by atoms with Crippen molar-refractivity contribution in [1.29, 1.82) is 0 Å². The second kappa shape index (κ2) is 7.73. The number of anilines is 2. The number of nitrogens with zero attached hydrogens (tertiary/aromatic N) is 2. The number of benzene rings is 1. The topological polar surface area (TPSA) is 102 Å². The van der Waals surface area contributed by atoms with E-state index in [4.69, 9.17) is 9.47 Å². The van der Waals surface area contributed by atoms with E-state index in [0.717, 1.165) is 5.56 Å². The van der Waals surface area contributed by atoms with E-state index < -0.39 is 10.0 Å². The van der Waals surface area contributed by atoms with E-state index >= 15 is 0 Å². The van der Waals surface area contributed by atoms with Crippen LogP contribution in [0.3, 0.4) is 0 Å². The highest BCUT2D eigenvalue weighted by Gasteiger charge is 2.19. The van der Waals surface area contributed by atoms with Crippen LogP contribution in [-0.2, 0) is 16.6 Å². The lowest BCUT2D eigenvalue weighted by Crippen LogP contribution is -2.17. The molecule has 4 rings (SSSR count). The van der Waals surface area contributed by atoms with Crippen molar-refractivity contribution in [2.75, 3.05) is 23.3 Å². The number of aromatic nitrogens is 2. The fourth-order valence-corrected chi connectivity index (χ4v) is 3.72. The molecule has 0 unspecified atom stereocenters. The van der Waals surface area contributed by atoms with Crippen molar-refractivity contribution in [2.24, 2.45) is 0 Å². The van der Waals surface area contributed by atoms with Gasteiger partial charge in [0.1, 0.15) is 19.0 Å². The van der Waals surface area contributed by atoms with Crippen molar-refractivity contribution in [3.63, 3.8) is 0 Å². The molecule has 144 valence electrons. The third-order valence-corrected chi connectivity index (χ3v) is 5.44. The van der Waals surface area contributed by atoms with Crippen LogP contribution >= 0.6 is 0 Å². The average Bonchev–Trinajstić information content (AvgIpc) is 2.73. The van der Waals surface area contributed by atoms with Crippen LogP contribution in [0.25, 0.3) is 0 Å². The maximum Gasteiger partial charge on any atom is 0.262 e. The first kappa shape index (κ1) is 18.1. The molecule has 9 heteroatoms. The van der Waals surface area contributed by atoms with Crippen molar-refractivity contribution in [3.8, 4) is 11.5 Å². The fraction of sp³-hybridized carbons (Fsp3) is 0.158. The lowest BCUT2D eigenvalue weighted by atomic mass is 10.3. The van der Waals surface area contributed by atoms with Gasteiger partial charge in [-0.2, -0.15) is 0 Å². The summed E-state index contributed by atoms with van der Waals surface area (Å²) in [6.45, 7) is 1.43. The number of pyridine rings is 2. The van der Waals surface area contributed by atoms with E-state index in [2.05, 4.69) is 20.0 Å². The molecule has 3 heterocycles. The predicted molar refractivity (Wildman–Crippen MR) is 104 cm³/mol. The Kier molecular flexibility index (Phi) is 4.98. The fourth-order valence-electron chi connectivity index (χ4n) is 2.66. The molecule has 2 aromatic heterocycles. The van der Waals surface area contributed by atoms with Crippen LogP contribution in [0.1, 0.15) is 5.56 Å². The minimum atomic E-state index is -3.77. The first-order valence-electron chi connectivity index (χ1n) is 8.61. The molecule has 0 spiro atoms. The van der Waals surface area contributed by atoms with Crippen molar-refractivity contribution in [2.45, 2.75) is 11.4 Å². The van der Waals surface area contributed by atoms with Crippen LogP contribution in [0.15, 0.2) is 66.0 Å². The van der Waals surface area contributed by atoms with Crippen molar-refractivity contribution >= 4 is 21.5 Å². The third-order valence-electron chi connectivity index (χ3n) is 4.06. The third kappa shape index (κ3) is 4.15. The van der Waals surface area contributed by atoms with E-state index in [0.29, 0.717) is 42.8 Å². The van der Waals surface area contributed by atoms with Gasteiger partial charge in [-0.1, -0.05) is 0 Å². The van der Waals surface area contributed by atoms with E-state index in [1.807, 2.05) is 12.1 Å². The number of hydrogen-bond acceptors (Lipinski definition) is 7. The highest BCUT2D eigenvalue weighted by molar-refractivity contribution is 7.92. The van der Waals surface area contributed by atoms with Crippen LogP contribution in [0.2, 0.25) is 0 Å². The number of rotatable bonds is 6. The summed E-state index contributed by atoms with van der Waals surface area (Å²) in [5.74, 6) is 1.60. The van der Waals surface area contributed by atoms with Crippen LogP contribution in [0.4, 0.5) is 11.5 Å². The van der Waals surface area contributed by atoms with Crippen molar-refractivity contribution in [1.82, 2.24) is 9.97 Å². The zero-order valence-corrected chi connectivity index (χ0v) is 15.6. The van der Waals surface area contributed by atoms with Crippen LogP contribution < -0.4 is 19.5 Å². The summed E-state index contributed by atoms with van der Waals surface area (Å²) < 4.78 is 38.6. The normalized spacial score (nSPS) is 13.0. The van der Waals surface area contributed by atoms with E-state index in [9.17, 15) is 8.42 Å². The lowest BCUT2D eigenvalue weighted by molar-refractivity contribution is 0.171. The largest absolute Gasteiger partial charge is 0.486 e. The minimum absolute atomic E-state index is 0.0941. The molecule has 1 aliphatic heterocycles. The summed E-state index contributed by atoms with van der Waals surface area (Å²) in [6.07, 6.45) is 4.91. The Hall–Kier alpha value is -3.33. The summed E-state index contributed by atoms with van der Waals surface area (Å²) in [6, 6.07) is 11.7. The average molecular weight is 398 g/mol. The number of nitrogens with one attached hydrogen (secondary N) is 2. The quantitative estimate of drug-likeness (QED) is 0.658. The SMILES string of the molecule is O=S(=O)(Nc1ccc(NCc2ccncc2)nc1)c1ccc2c(c1)OCCO2. The molecule has 0 radical (unpaired) electrons. The molecule has 3 aromatic rings. The second-order valence-corrected chi connectivity index (χ2v) is 7.73. The van der Waals surface area contributed by atoms with Gasteiger partial charge in [0, 0.05) is 25.0 Å². The zero-order chi connectivity index (χ0) is 19.4. The molecule has 0 fully saturated rings. The number of fused-ring (bicyclic) bond motifs is 1. The smallest absolute Gasteiger partial charge is 0.262 e. The molecule has 0 amide bonds. The van der Waals surface area contributed by atoms with Gasteiger partial charge in [0.05, 0.1) is 16.8 Å². The van der Waals surface area contributed by atoms with Gasteiger partial charge < -0.3 is 14.8 Å². The first-order chi connectivity index (χ1) is 13.6. The maximum atomic E-state index is 12.6. The summed E-state index contributed by atoms with van der Waals surface area (Å²) >= 11 is 0. The Bertz CT molecular complexity index is 1060. The Labute approximate surface area is 162 Å². The Morgan fingerprint density at radius 3 is 2.50 bits per heavy atom.